The molecule has 0 aromatic rings. The van der Waals surface area contributed by atoms with Crippen molar-refractivity contribution < 1.29 is 14.3 Å². The van der Waals surface area contributed by atoms with E-state index >= 15 is 0 Å². The maximum absolute atomic E-state index is 12.0. The predicted octanol–water partition coefficient (Wildman–Crippen LogP) is 3.38. The lowest BCUT2D eigenvalue weighted by atomic mass is 9.83. The van der Waals surface area contributed by atoms with Crippen LogP contribution in [0.3, 0.4) is 0 Å². The first-order valence-electron chi connectivity index (χ1n) is 6.79. The van der Waals surface area contributed by atoms with Crippen LogP contribution in [0.5, 0.6) is 0 Å². The molecule has 5 heteroatoms. The van der Waals surface area contributed by atoms with E-state index in [2.05, 4.69) is 15.9 Å². The van der Waals surface area contributed by atoms with Crippen LogP contribution in [0.4, 0.5) is 4.79 Å². The third-order valence-corrected chi connectivity index (χ3v) is 4.02. The highest BCUT2D eigenvalue weighted by molar-refractivity contribution is 9.09. The molecular formula is C14H24BrNO3. The lowest BCUT2D eigenvalue weighted by Gasteiger charge is -2.35. The molecule has 0 aromatic carbocycles. The van der Waals surface area contributed by atoms with Crippen molar-refractivity contribution in [3.8, 4) is 0 Å². The van der Waals surface area contributed by atoms with Gasteiger partial charge in [-0.1, -0.05) is 22.4 Å². The SMILES string of the molecule is CN(C(=O)OC(C)(C)C)C1CCCC(C(=O)CBr)C1. The Kier molecular flexibility index (Phi) is 5.83. The molecule has 2 unspecified atom stereocenters. The first-order chi connectivity index (χ1) is 8.74. The number of hydrogen-bond donors (Lipinski definition) is 0. The van der Waals surface area contributed by atoms with Gasteiger partial charge in [-0.2, -0.15) is 0 Å². The molecule has 1 amide bonds. The van der Waals surface area contributed by atoms with Gasteiger partial charge in [0.05, 0.1) is 5.33 Å². The van der Waals surface area contributed by atoms with Gasteiger partial charge in [0.15, 0.2) is 0 Å². The molecule has 0 saturated heterocycles. The highest BCUT2D eigenvalue weighted by Crippen LogP contribution is 2.29. The van der Waals surface area contributed by atoms with Crippen molar-refractivity contribution in [3.05, 3.63) is 0 Å². The molecule has 1 aliphatic rings. The molecule has 0 spiro atoms. The Balaban J connectivity index is 2.59. The summed E-state index contributed by atoms with van der Waals surface area (Å²) in [4.78, 5) is 25.4. The van der Waals surface area contributed by atoms with Crippen molar-refractivity contribution in [1.29, 1.82) is 0 Å². The summed E-state index contributed by atoms with van der Waals surface area (Å²) in [6.45, 7) is 5.57. The summed E-state index contributed by atoms with van der Waals surface area (Å²) in [5, 5.41) is 0.403. The fourth-order valence-corrected chi connectivity index (χ4v) is 2.86. The van der Waals surface area contributed by atoms with Crippen molar-refractivity contribution in [1.82, 2.24) is 4.90 Å². The number of nitrogens with zero attached hydrogens (tertiary/aromatic N) is 1. The fourth-order valence-electron chi connectivity index (χ4n) is 2.40. The second-order valence-corrected chi connectivity index (χ2v) is 6.77. The van der Waals surface area contributed by atoms with Crippen LogP contribution in [0.2, 0.25) is 0 Å². The molecule has 0 aliphatic heterocycles. The summed E-state index contributed by atoms with van der Waals surface area (Å²) in [5.41, 5.74) is -0.481. The zero-order valence-electron chi connectivity index (χ0n) is 12.2. The van der Waals surface area contributed by atoms with Gasteiger partial charge in [-0.05, 0) is 40.0 Å². The molecule has 1 saturated carbocycles. The van der Waals surface area contributed by atoms with E-state index in [-0.39, 0.29) is 23.8 Å². The first-order valence-corrected chi connectivity index (χ1v) is 7.91. The monoisotopic (exact) mass is 333 g/mol. The Hall–Kier alpha value is -0.580. The van der Waals surface area contributed by atoms with Crippen molar-refractivity contribution in [2.75, 3.05) is 12.4 Å². The largest absolute Gasteiger partial charge is 0.444 e. The van der Waals surface area contributed by atoms with Crippen LogP contribution < -0.4 is 0 Å². The number of hydrogen-bond acceptors (Lipinski definition) is 3. The Morgan fingerprint density at radius 2 is 1.95 bits per heavy atom. The Morgan fingerprint density at radius 3 is 2.47 bits per heavy atom. The van der Waals surface area contributed by atoms with Gasteiger partial charge < -0.3 is 9.64 Å². The van der Waals surface area contributed by atoms with Gasteiger partial charge in [0.1, 0.15) is 11.4 Å². The maximum Gasteiger partial charge on any atom is 0.410 e. The molecule has 0 heterocycles. The molecule has 1 rings (SSSR count). The van der Waals surface area contributed by atoms with Crippen LogP contribution in [0.1, 0.15) is 46.5 Å². The van der Waals surface area contributed by atoms with E-state index in [4.69, 9.17) is 4.74 Å². The number of halogens is 1. The zero-order valence-corrected chi connectivity index (χ0v) is 13.8. The average molecular weight is 334 g/mol. The number of amides is 1. The number of carbonyl (C=O) groups excluding carboxylic acids is 2. The molecule has 0 bridgehead atoms. The minimum Gasteiger partial charge on any atom is -0.444 e. The van der Waals surface area contributed by atoms with Crippen LogP contribution in [0, 0.1) is 5.92 Å². The van der Waals surface area contributed by atoms with E-state index in [0.29, 0.717) is 5.33 Å². The summed E-state index contributed by atoms with van der Waals surface area (Å²) in [6, 6.07) is 0.108. The number of Topliss-reactive ketones (excluding diaryl/α,β-unsaturated/α-hetero) is 1. The quantitative estimate of drug-likeness (QED) is 0.744. The van der Waals surface area contributed by atoms with Crippen LogP contribution in [0.25, 0.3) is 0 Å². The van der Waals surface area contributed by atoms with Crippen molar-refractivity contribution in [2.24, 2.45) is 5.92 Å². The molecule has 4 nitrogen and oxygen atoms in total. The van der Waals surface area contributed by atoms with Gasteiger partial charge >= 0.3 is 6.09 Å². The number of ether oxygens (including phenoxy) is 1. The third-order valence-electron chi connectivity index (χ3n) is 3.46. The molecule has 19 heavy (non-hydrogen) atoms. The van der Waals surface area contributed by atoms with Gasteiger partial charge in [-0.25, -0.2) is 4.79 Å². The lowest BCUT2D eigenvalue weighted by Crippen LogP contribution is -2.43. The maximum atomic E-state index is 12.0. The molecule has 110 valence electrons. The van der Waals surface area contributed by atoms with Gasteiger partial charge in [-0.3, -0.25) is 4.79 Å². The highest BCUT2D eigenvalue weighted by atomic mass is 79.9. The van der Waals surface area contributed by atoms with Gasteiger partial charge in [0.2, 0.25) is 0 Å². The molecule has 1 fully saturated rings. The minimum atomic E-state index is -0.481. The second-order valence-electron chi connectivity index (χ2n) is 6.21. The number of alkyl halides is 1. The van der Waals surface area contributed by atoms with E-state index in [9.17, 15) is 9.59 Å². The molecule has 1 aliphatic carbocycles. The van der Waals surface area contributed by atoms with E-state index in [1.807, 2.05) is 20.8 Å². The first kappa shape index (κ1) is 16.5. The Morgan fingerprint density at radius 1 is 1.32 bits per heavy atom. The van der Waals surface area contributed by atoms with Crippen LogP contribution >= 0.6 is 15.9 Å². The average Bonchev–Trinajstić information content (AvgIpc) is 2.35. The zero-order chi connectivity index (χ0) is 14.6. The number of ketones is 1. The highest BCUT2D eigenvalue weighted by Gasteiger charge is 2.32. The molecule has 0 N–H and O–H groups in total. The standard InChI is InChI=1S/C14H24BrNO3/c1-14(2,3)19-13(18)16(4)11-7-5-6-10(8-11)12(17)9-15/h10-11H,5-9H2,1-4H3. The van der Waals surface area contributed by atoms with Crippen LogP contribution in [-0.2, 0) is 9.53 Å². The Bertz CT molecular complexity index is 338. The van der Waals surface area contributed by atoms with Crippen LogP contribution in [0.15, 0.2) is 0 Å². The van der Waals surface area contributed by atoms with E-state index in [1.165, 1.54) is 0 Å². The summed E-state index contributed by atoms with van der Waals surface area (Å²) in [6.07, 6.45) is 3.32. The van der Waals surface area contributed by atoms with Crippen molar-refractivity contribution in [3.63, 3.8) is 0 Å². The minimum absolute atomic E-state index is 0.0722. The second kappa shape index (κ2) is 6.73. The van der Waals surface area contributed by atoms with Crippen molar-refractivity contribution in [2.45, 2.75) is 58.1 Å². The van der Waals surface area contributed by atoms with E-state index in [1.54, 1.807) is 11.9 Å². The topological polar surface area (TPSA) is 46.6 Å². The van der Waals surface area contributed by atoms with Gasteiger partial charge in [-0.15, -0.1) is 0 Å². The predicted molar refractivity (Wildman–Crippen MR) is 78.5 cm³/mol. The van der Waals surface area contributed by atoms with Gasteiger partial charge in [0, 0.05) is 19.0 Å². The Labute approximate surface area is 124 Å². The fraction of sp³-hybridized carbons (Fsp3) is 0.857. The lowest BCUT2D eigenvalue weighted by molar-refractivity contribution is -0.121. The smallest absolute Gasteiger partial charge is 0.410 e. The molecule has 0 aromatic heterocycles. The summed E-state index contributed by atoms with van der Waals surface area (Å²) in [5.74, 6) is 0.310. The number of carbonyl (C=O) groups is 2. The molecular weight excluding hydrogens is 310 g/mol. The molecule has 0 radical (unpaired) electrons. The molecule has 2 atom stereocenters. The van der Waals surface area contributed by atoms with Crippen molar-refractivity contribution >= 4 is 27.8 Å². The van der Waals surface area contributed by atoms with E-state index < -0.39 is 5.60 Å². The number of rotatable bonds is 3. The third kappa shape index (κ3) is 5.13. The van der Waals surface area contributed by atoms with Gasteiger partial charge in [0.25, 0.3) is 0 Å². The van der Waals surface area contributed by atoms with E-state index in [0.717, 1.165) is 25.7 Å². The van der Waals surface area contributed by atoms with Crippen LogP contribution in [-0.4, -0.2) is 40.8 Å². The summed E-state index contributed by atoms with van der Waals surface area (Å²) in [7, 11) is 1.76. The summed E-state index contributed by atoms with van der Waals surface area (Å²) >= 11 is 3.22. The summed E-state index contributed by atoms with van der Waals surface area (Å²) < 4.78 is 5.37. The normalized spacial score (nSPS) is 23.8.